The van der Waals surface area contributed by atoms with E-state index in [0.29, 0.717) is 12.3 Å². The summed E-state index contributed by atoms with van der Waals surface area (Å²) < 4.78 is 5.19. The fourth-order valence-electron chi connectivity index (χ4n) is 1.35. The molecule has 0 spiro atoms. The summed E-state index contributed by atoms with van der Waals surface area (Å²) in [6.07, 6.45) is 9.24. The van der Waals surface area contributed by atoms with Gasteiger partial charge in [0, 0.05) is 6.42 Å². The van der Waals surface area contributed by atoms with Crippen molar-refractivity contribution in [3.63, 3.8) is 0 Å². The van der Waals surface area contributed by atoms with E-state index < -0.39 is 0 Å². The van der Waals surface area contributed by atoms with Crippen molar-refractivity contribution in [1.82, 2.24) is 0 Å². The molecule has 0 aromatic carbocycles. The lowest BCUT2D eigenvalue weighted by molar-refractivity contribution is -0.154. The molecule has 1 heterocycles. The zero-order valence-electron chi connectivity index (χ0n) is 8.19. The van der Waals surface area contributed by atoms with Crippen LogP contribution in [0.2, 0.25) is 0 Å². The van der Waals surface area contributed by atoms with Crippen LogP contribution in [0, 0.1) is 5.92 Å². The Balaban J connectivity index is 2.50. The Kier molecular flexibility index (Phi) is 3.74. The van der Waals surface area contributed by atoms with Crippen LogP contribution in [0.4, 0.5) is 0 Å². The van der Waals surface area contributed by atoms with Gasteiger partial charge in [0.05, 0.1) is 0 Å². The van der Waals surface area contributed by atoms with Crippen molar-refractivity contribution in [2.45, 2.75) is 32.8 Å². The Labute approximate surface area is 79.3 Å². The first-order valence-electron chi connectivity index (χ1n) is 4.73. The van der Waals surface area contributed by atoms with Gasteiger partial charge >= 0.3 is 5.97 Å². The topological polar surface area (TPSA) is 26.3 Å². The molecule has 0 aromatic heterocycles. The first-order chi connectivity index (χ1) is 6.24. The van der Waals surface area contributed by atoms with Crippen LogP contribution in [0.25, 0.3) is 0 Å². The number of esters is 1. The van der Waals surface area contributed by atoms with Crippen LogP contribution in [0.15, 0.2) is 24.3 Å². The van der Waals surface area contributed by atoms with Crippen LogP contribution in [-0.4, -0.2) is 12.1 Å². The number of ether oxygens (including phenoxy) is 1. The fraction of sp³-hybridized carbons (Fsp3) is 0.545. The van der Waals surface area contributed by atoms with Gasteiger partial charge in [0.15, 0.2) is 0 Å². The first kappa shape index (κ1) is 10.0. The molecule has 0 N–H and O–H groups in total. The second kappa shape index (κ2) is 4.85. The van der Waals surface area contributed by atoms with Crippen molar-refractivity contribution >= 4 is 5.97 Å². The van der Waals surface area contributed by atoms with Crippen molar-refractivity contribution < 1.29 is 9.53 Å². The van der Waals surface area contributed by atoms with E-state index >= 15 is 0 Å². The summed E-state index contributed by atoms with van der Waals surface area (Å²) in [7, 11) is 0. The Bertz CT molecular complexity index is 228. The minimum atomic E-state index is -0.0757. The zero-order valence-corrected chi connectivity index (χ0v) is 8.19. The zero-order chi connectivity index (χ0) is 9.68. The van der Waals surface area contributed by atoms with Crippen LogP contribution < -0.4 is 0 Å². The highest BCUT2D eigenvalue weighted by atomic mass is 16.5. The van der Waals surface area contributed by atoms with Gasteiger partial charge in [0.2, 0.25) is 0 Å². The summed E-state index contributed by atoms with van der Waals surface area (Å²) in [5, 5.41) is 0. The number of hydrogen-bond donors (Lipinski definition) is 0. The van der Waals surface area contributed by atoms with Crippen LogP contribution in [0.3, 0.4) is 0 Å². The molecule has 0 aromatic rings. The van der Waals surface area contributed by atoms with Crippen molar-refractivity contribution in [2.24, 2.45) is 5.92 Å². The molecule has 1 fully saturated rings. The predicted molar refractivity (Wildman–Crippen MR) is 52.2 cm³/mol. The largest absolute Gasteiger partial charge is 0.458 e. The highest BCUT2D eigenvalue weighted by Gasteiger charge is 2.24. The van der Waals surface area contributed by atoms with Crippen molar-refractivity contribution in [1.29, 1.82) is 0 Å². The highest BCUT2D eigenvalue weighted by Crippen LogP contribution is 2.21. The van der Waals surface area contributed by atoms with Gasteiger partial charge in [-0.3, -0.25) is 4.79 Å². The minimum absolute atomic E-state index is 0.0301. The molecule has 1 rings (SSSR count). The predicted octanol–water partition coefficient (Wildman–Crippen LogP) is 2.46. The van der Waals surface area contributed by atoms with Crippen LogP contribution in [0.5, 0.6) is 0 Å². The highest BCUT2D eigenvalue weighted by molar-refractivity contribution is 5.70. The maximum atomic E-state index is 11.0. The Morgan fingerprint density at radius 2 is 2.23 bits per heavy atom. The number of carbonyl (C=O) groups is 1. The molecule has 0 radical (unpaired) electrons. The van der Waals surface area contributed by atoms with Crippen molar-refractivity contribution in [2.75, 3.05) is 0 Å². The quantitative estimate of drug-likeness (QED) is 0.482. The SMILES string of the molecule is C/C=C/C=C\[C@H]1OC(=O)CC[C@@H]1C. The molecule has 0 amide bonds. The van der Waals surface area contributed by atoms with Gasteiger partial charge in [0.1, 0.15) is 6.10 Å². The van der Waals surface area contributed by atoms with Crippen molar-refractivity contribution in [3.8, 4) is 0 Å². The summed E-state index contributed by atoms with van der Waals surface area (Å²) in [5.74, 6) is 0.368. The molecule has 0 bridgehead atoms. The second-order valence-electron chi connectivity index (χ2n) is 3.38. The van der Waals surface area contributed by atoms with Gasteiger partial charge in [0.25, 0.3) is 0 Å². The molecule has 0 unspecified atom stereocenters. The molecular weight excluding hydrogens is 164 g/mol. The summed E-state index contributed by atoms with van der Waals surface area (Å²) in [4.78, 5) is 11.0. The van der Waals surface area contributed by atoms with E-state index in [9.17, 15) is 4.79 Å². The number of rotatable bonds is 2. The first-order valence-corrected chi connectivity index (χ1v) is 4.73. The van der Waals surface area contributed by atoms with E-state index in [1.165, 1.54) is 0 Å². The second-order valence-corrected chi connectivity index (χ2v) is 3.38. The normalized spacial score (nSPS) is 29.8. The third kappa shape index (κ3) is 3.05. The molecule has 0 aliphatic carbocycles. The van der Waals surface area contributed by atoms with Crippen LogP contribution >= 0.6 is 0 Å². The minimum Gasteiger partial charge on any atom is -0.458 e. The van der Waals surface area contributed by atoms with Gasteiger partial charge in [-0.25, -0.2) is 0 Å². The monoisotopic (exact) mass is 180 g/mol. The van der Waals surface area contributed by atoms with Crippen LogP contribution in [0.1, 0.15) is 26.7 Å². The average Bonchev–Trinajstić information content (AvgIpc) is 2.11. The number of allylic oxidation sites excluding steroid dienone is 3. The van der Waals surface area contributed by atoms with Crippen LogP contribution in [-0.2, 0) is 9.53 Å². The Morgan fingerprint density at radius 1 is 1.46 bits per heavy atom. The van der Waals surface area contributed by atoms with Gasteiger partial charge in [-0.05, 0) is 25.3 Å². The smallest absolute Gasteiger partial charge is 0.306 e. The molecule has 0 saturated carbocycles. The van der Waals surface area contributed by atoms with Gasteiger partial charge < -0.3 is 4.74 Å². The van der Waals surface area contributed by atoms with Crippen molar-refractivity contribution in [3.05, 3.63) is 24.3 Å². The number of carbonyl (C=O) groups excluding carboxylic acids is 1. The molecule has 2 nitrogen and oxygen atoms in total. The summed E-state index contributed by atoms with van der Waals surface area (Å²) in [6, 6.07) is 0. The third-order valence-electron chi connectivity index (χ3n) is 2.24. The number of cyclic esters (lactones) is 1. The molecule has 13 heavy (non-hydrogen) atoms. The molecule has 2 heteroatoms. The fourth-order valence-corrected chi connectivity index (χ4v) is 1.35. The Hall–Kier alpha value is -1.05. The molecular formula is C11H16O2. The number of hydrogen-bond acceptors (Lipinski definition) is 2. The Morgan fingerprint density at radius 3 is 2.92 bits per heavy atom. The lowest BCUT2D eigenvalue weighted by Crippen LogP contribution is -2.29. The molecule has 72 valence electrons. The van der Waals surface area contributed by atoms with E-state index in [2.05, 4.69) is 6.92 Å². The summed E-state index contributed by atoms with van der Waals surface area (Å²) in [5.41, 5.74) is 0. The van der Waals surface area contributed by atoms with Gasteiger partial charge in [-0.15, -0.1) is 0 Å². The maximum absolute atomic E-state index is 11.0. The van der Waals surface area contributed by atoms with E-state index in [-0.39, 0.29) is 12.1 Å². The lowest BCUT2D eigenvalue weighted by Gasteiger charge is -2.25. The standard InChI is InChI=1S/C11H16O2/c1-3-4-5-6-10-9(2)7-8-11(12)13-10/h3-6,9-10H,7-8H2,1-2H3/b4-3+,6-5-/t9-,10+/m0/s1. The van der Waals surface area contributed by atoms with E-state index in [1.54, 1.807) is 0 Å². The average molecular weight is 180 g/mol. The van der Waals surface area contributed by atoms with Gasteiger partial charge in [-0.2, -0.15) is 0 Å². The molecule has 1 saturated heterocycles. The van der Waals surface area contributed by atoms with Gasteiger partial charge in [-0.1, -0.05) is 25.2 Å². The molecule has 1 aliphatic rings. The summed E-state index contributed by atoms with van der Waals surface area (Å²) >= 11 is 0. The molecule has 1 aliphatic heterocycles. The van der Waals surface area contributed by atoms with E-state index in [0.717, 1.165) is 6.42 Å². The lowest BCUT2D eigenvalue weighted by atomic mass is 9.96. The van der Waals surface area contributed by atoms with E-state index in [4.69, 9.17) is 4.74 Å². The maximum Gasteiger partial charge on any atom is 0.306 e. The summed E-state index contributed by atoms with van der Waals surface area (Å²) in [6.45, 7) is 4.07. The molecule has 2 atom stereocenters. The van der Waals surface area contributed by atoms with E-state index in [1.807, 2.05) is 31.2 Å². The third-order valence-corrected chi connectivity index (χ3v) is 2.24.